The van der Waals surface area contributed by atoms with E-state index in [2.05, 4.69) is 45.8 Å². The van der Waals surface area contributed by atoms with Crippen LogP contribution in [0.25, 0.3) is 10.8 Å². The Labute approximate surface area is 94.3 Å². The first-order valence-electron chi connectivity index (χ1n) is 5.15. The lowest BCUT2D eigenvalue weighted by Gasteiger charge is -2.18. The van der Waals surface area contributed by atoms with Gasteiger partial charge in [-0.3, -0.25) is 0 Å². The van der Waals surface area contributed by atoms with E-state index in [1.807, 2.05) is 13.8 Å². The van der Waals surface area contributed by atoms with Crippen LogP contribution in [0.4, 0.5) is 11.4 Å². The summed E-state index contributed by atoms with van der Waals surface area (Å²) in [6.45, 7) is 4.00. The second-order valence-corrected chi connectivity index (χ2v) is 3.63. The molecule has 1 aliphatic rings. The highest BCUT2D eigenvalue weighted by molar-refractivity contribution is 8.02. The van der Waals surface area contributed by atoms with Gasteiger partial charge in [0.25, 0.3) is 0 Å². The van der Waals surface area contributed by atoms with E-state index >= 15 is 0 Å². The Kier molecular flexibility index (Phi) is 3.02. The first-order valence-corrected chi connectivity index (χ1v) is 5.96. The number of nitrogens with one attached hydrogen (secondary N) is 2. The van der Waals surface area contributed by atoms with E-state index in [0.717, 1.165) is 0 Å². The van der Waals surface area contributed by atoms with Crippen LogP contribution in [0.2, 0.25) is 0 Å². The first kappa shape index (κ1) is 10.2. The second kappa shape index (κ2) is 4.45. The molecule has 2 N–H and O–H groups in total. The van der Waals surface area contributed by atoms with Gasteiger partial charge in [0.15, 0.2) is 0 Å². The maximum absolute atomic E-state index is 3.23. The van der Waals surface area contributed by atoms with Crippen molar-refractivity contribution in [3.63, 3.8) is 0 Å². The summed E-state index contributed by atoms with van der Waals surface area (Å²) in [6, 6.07) is 12.6. The number of rotatable bonds is 0. The molecule has 2 aromatic rings. The second-order valence-electron chi connectivity index (χ2n) is 3.02. The third kappa shape index (κ3) is 1.75. The molecular weight excluding hydrogens is 204 g/mol. The topological polar surface area (TPSA) is 24.1 Å². The van der Waals surface area contributed by atoms with E-state index in [0.29, 0.717) is 0 Å². The summed E-state index contributed by atoms with van der Waals surface area (Å²) in [5.41, 5.74) is 2.38. The van der Waals surface area contributed by atoms with Crippen LogP contribution in [-0.4, -0.2) is 0 Å². The molecule has 0 bridgehead atoms. The van der Waals surface area contributed by atoms with Crippen LogP contribution in [0.1, 0.15) is 13.8 Å². The molecule has 1 heterocycles. The lowest BCUT2D eigenvalue weighted by Crippen LogP contribution is -2.01. The highest BCUT2D eigenvalue weighted by atomic mass is 32.2. The molecule has 0 aromatic heterocycles. The SMILES string of the molecule is CC.c1cc2c3c(cccc3c1)NSN2. The zero-order valence-electron chi connectivity index (χ0n) is 8.87. The van der Waals surface area contributed by atoms with Crippen LogP contribution in [-0.2, 0) is 0 Å². The average Bonchev–Trinajstić information content (AvgIpc) is 2.33. The first-order chi connectivity index (χ1) is 7.45. The summed E-state index contributed by atoms with van der Waals surface area (Å²) >= 11 is 1.51. The lowest BCUT2D eigenvalue weighted by molar-refractivity contribution is 1.50. The quantitative estimate of drug-likeness (QED) is 0.646. The van der Waals surface area contributed by atoms with Crippen LogP contribution in [0.15, 0.2) is 36.4 Å². The largest absolute Gasteiger partial charge is 0.311 e. The molecular formula is C12H14N2S. The van der Waals surface area contributed by atoms with Crippen molar-refractivity contribution in [2.75, 3.05) is 9.44 Å². The molecule has 0 saturated heterocycles. The van der Waals surface area contributed by atoms with Crippen LogP contribution in [0.5, 0.6) is 0 Å². The van der Waals surface area contributed by atoms with Crippen LogP contribution < -0.4 is 9.44 Å². The summed E-state index contributed by atoms with van der Waals surface area (Å²) in [5, 5.41) is 2.55. The Morgan fingerprint density at radius 2 is 1.40 bits per heavy atom. The van der Waals surface area contributed by atoms with Gasteiger partial charge in [0.2, 0.25) is 0 Å². The number of hydrogen-bond acceptors (Lipinski definition) is 3. The molecule has 15 heavy (non-hydrogen) atoms. The van der Waals surface area contributed by atoms with E-state index in [1.54, 1.807) is 0 Å². The van der Waals surface area contributed by atoms with Gasteiger partial charge < -0.3 is 9.44 Å². The molecule has 0 radical (unpaired) electrons. The molecule has 0 amide bonds. The molecule has 0 atom stereocenters. The van der Waals surface area contributed by atoms with E-state index in [9.17, 15) is 0 Å². The van der Waals surface area contributed by atoms with Crippen LogP contribution in [0, 0.1) is 0 Å². The number of benzene rings is 2. The maximum atomic E-state index is 3.23. The van der Waals surface area contributed by atoms with Crippen molar-refractivity contribution in [1.82, 2.24) is 0 Å². The van der Waals surface area contributed by atoms with Crippen LogP contribution in [0.3, 0.4) is 0 Å². The number of hydrogen-bond donors (Lipinski definition) is 2. The number of anilines is 2. The van der Waals surface area contributed by atoms with Crippen molar-refractivity contribution < 1.29 is 0 Å². The smallest absolute Gasteiger partial charge is 0.0656 e. The summed E-state index contributed by atoms with van der Waals surface area (Å²) in [6.07, 6.45) is 0. The molecule has 1 aliphatic heterocycles. The van der Waals surface area contributed by atoms with Crippen LogP contribution >= 0.6 is 12.1 Å². The molecule has 0 unspecified atom stereocenters. The van der Waals surface area contributed by atoms with Crippen molar-refractivity contribution in [3.05, 3.63) is 36.4 Å². The standard InChI is InChI=1S/C10H8N2S.C2H6/c1-3-7-4-2-6-9-10(7)8(5-1)11-13-12-9;1-2/h1-6,11-12H;1-2H3. The van der Waals surface area contributed by atoms with Gasteiger partial charge >= 0.3 is 0 Å². The summed E-state index contributed by atoms with van der Waals surface area (Å²) in [7, 11) is 0. The third-order valence-corrected chi connectivity index (χ3v) is 2.87. The average molecular weight is 218 g/mol. The molecule has 78 valence electrons. The highest BCUT2D eigenvalue weighted by Gasteiger charge is 2.09. The molecule has 3 heteroatoms. The van der Waals surface area contributed by atoms with Crippen molar-refractivity contribution in [2.45, 2.75) is 13.8 Å². The van der Waals surface area contributed by atoms with E-state index in [4.69, 9.17) is 0 Å². The Hall–Kier alpha value is -1.35. The van der Waals surface area contributed by atoms with Gasteiger partial charge in [0, 0.05) is 5.39 Å². The molecule has 2 nitrogen and oxygen atoms in total. The Morgan fingerprint density at radius 1 is 0.867 bits per heavy atom. The zero-order valence-corrected chi connectivity index (χ0v) is 9.69. The van der Waals surface area contributed by atoms with E-state index in [1.165, 1.54) is 34.3 Å². The minimum absolute atomic E-state index is 1.19. The van der Waals surface area contributed by atoms with Gasteiger partial charge in [0.05, 0.1) is 23.5 Å². The predicted molar refractivity (Wildman–Crippen MR) is 70.1 cm³/mol. The summed E-state index contributed by atoms with van der Waals surface area (Å²) in [5.74, 6) is 0. The van der Waals surface area contributed by atoms with Crippen molar-refractivity contribution in [2.24, 2.45) is 0 Å². The monoisotopic (exact) mass is 218 g/mol. The van der Waals surface area contributed by atoms with E-state index < -0.39 is 0 Å². The molecule has 0 spiro atoms. The summed E-state index contributed by atoms with van der Waals surface area (Å²) < 4.78 is 6.46. The molecule has 0 aliphatic carbocycles. The van der Waals surface area contributed by atoms with Gasteiger partial charge in [-0.1, -0.05) is 38.1 Å². The molecule has 0 saturated carbocycles. The van der Waals surface area contributed by atoms with Gasteiger partial charge in [-0.15, -0.1) is 0 Å². The van der Waals surface area contributed by atoms with Gasteiger partial charge in [-0.25, -0.2) is 0 Å². The fourth-order valence-electron chi connectivity index (χ4n) is 1.65. The van der Waals surface area contributed by atoms with Gasteiger partial charge in [-0.2, -0.15) is 0 Å². The Balaban J connectivity index is 0.000000404. The van der Waals surface area contributed by atoms with Crippen molar-refractivity contribution in [3.8, 4) is 0 Å². The normalized spacial score (nSPS) is 12.1. The Morgan fingerprint density at radius 3 is 1.93 bits per heavy atom. The molecule has 3 rings (SSSR count). The highest BCUT2D eigenvalue weighted by Crippen LogP contribution is 2.36. The van der Waals surface area contributed by atoms with E-state index in [-0.39, 0.29) is 0 Å². The van der Waals surface area contributed by atoms with Gasteiger partial charge in [-0.05, 0) is 17.5 Å². The molecule has 2 aromatic carbocycles. The fraction of sp³-hybridized carbons (Fsp3) is 0.167. The lowest BCUT2D eigenvalue weighted by atomic mass is 10.1. The third-order valence-electron chi connectivity index (χ3n) is 2.23. The zero-order chi connectivity index (χ0) is 10.7. The van der Waals surface area contributed by atoms with Crippen molar-refractivity contribution >= 4 is 34.3 Å². The minimum Gasteiger partial charge on any atom is -0.311 e. The minimum atomic E-state index is 1.19. The Bertz CT molecular complexity index is 429. The molecule has 0 fully saturated rings. The van der Waals surface area contributed by atoms with Gasteiger partial charge in [0.1, 0.15) is 0 Å². The maximum Gasteiger partial charge on any atom is 0.0656 e. The fourth-order valence-corrected chi connectivity index (χ4v) is 2.26. The van der Waals surface area contributed by atoms with Crippen molar-refractivity contribution in [1.29, 1.82) is 0 Å². The summed E-state index contributed by atoms with van der Waals surface area (Å²) in [4.78, 5) is 0. The predicted octanol–water partition coefficient (Wildman–Crippen LogP) is 4.27.